The summed E-state index contributed by atoms with van der Waals surface area (Å²) in [6.07, 6.45) is 5.58. The van der Waals surface area contributed by atoms with Gasteiger partial charge in [-0.1, -0.05) is 30.4 Å². The second-order valence-electron chi connectivity index (χ2n) is 3.78. The Hall–Kier alpha value is -2.13. The Morgan fingerprint density at radius 2 is 2.11 bits per heavy atom. The minimum absolute atomic E-state index is 0.0896. The van der Waals surface area contributed by atoms with Gasteiger partial charge in [-0.25, -0.2) is 0 Å². The van der Waals surface area contributed by atoms with E-state index >= 15 is 0 Å². The SMILES string of the molecule is C/C=C/c1ccccc1Oc1ccnc(CO)c1. The van der Waals surface area contributed by atoms with Crippen molar-refractivity contribution < 1.29 is 9.84 Å². The first kappa shape index (κ1) is 12.3. The van der Waals surface area contributed by atoms with Crippen LogP contribution >= 0.6 is 0 Å². The normalized spacial score (nSPS) is 10.8. The maximum atomic E-state index is 9.04. The third-order valence-corrected chi connectivity index (χ3v) is 2.44. The number of rotatable bonds is 4. The molecule has 1 N–H and O–H groups in total. The van der Waals surface area contributed by atoms with E-state index < -0.39 is 0 Å². The zero-order valence-corrected chi connectivity index (χ0v) is 10.2. The fourth-order valence-electron chi connectivity index (χ4n) is 1.62. The summed E-state index contributed by atoms with van der Waals surface area (Å²) in [5.41, 5.74) is 1.61. The molecule has 92 valence electrons. The van der Waals surface area contributed by atoms with E-state index in [9.17, 15) is 0 Å². The molecule has 0 bridgehead atoms. The van der Waals surface area contributed by atoms with Gasteiger partial charge in [-0.3, -0.25) is 4.98 Å². The largest absolute Gasteiger partial charge is 0.457 e. The van der Waals surface area contributed by atoms with Crippen molar-refractivity contribution in [3.05, 3.63) is 59.9 Å². The molecular formula is C15H15NO2. The summed E-state index contributed by atoms with van der Waals surface area (Å²) in [5, 5.41) is 9.04. The molecule has 0 saturated carbocycles. The molecule has 0 aliphatic heterocycles. The number of benzene rings is 1. The van der Waals surface area contributed by atoms with Crippen LogP contribution in [0.1, 0.15) is 18.2 Å². The number of nitrogens with zero attached hydrogens (tertiary/aromatic N) is 1. The Kier molecular flexibility index (Phi) is 4.10. The van der Waals surface area contributed by atoms with Crippen molar-refractivity contribution in [1.82, 2.24) is 4.98 Å². The molecule has 2 aromatic rings. The summed E-state index contributed by atoms with van der Waals surface area (Å²) < 4.78 is 5.80. The molecule has 0 fully saturated rings. The van der Waals surface area contributed by atoms with Gasteiger partial charge < -0.3 is 9.84 Å². The molecule has 1 heterocycles. The molecule has 0 aliphatic carbocycles. The van der Waals surface area contributed by atoms with Gasteiger partial charge in [0.25, 0.3) is 0 Å². The van der Waals surface area contributed by atoms with Crippen LogP contribution in [0.5, 0.6) is 11.5 Å². The van der Waals surface area contributed by atoms with E-state index in [1.165, 1.54) is 0 Å². The number of allylic oxidation sites excluding steroid dienone is 1. The number of ether oxygens (including phenoxy) is 1. The van der Waals surface area contributed by atoms with Gasteiger partial charge in [-0.05, 0) is 19.1 Å². The highest BCUT2D eigenvalue weighted by Gasteiger charge is 2.02. The molecule has 0 saturated heterocycles. The third kappa shape index (κ3) is 2.96. The van der Waals surface area contributed by atoms with Crippen LogP contribution < -0.4 is 4.74 Å². The van der Waals surface area contributed by atoms with Crippen molar-refractivity contribution in [2.75, 3.05) is 0 Å². The molecule has 0 atom stereocenters. The standard InChI is InChI=1S/C15H15NO2/c1-2-5-12-6-3-4-7-15(12)18-14-8-9-16-13(10-14)11-17/h2-10,17H,11H2,1H3/b5-2+. The van der Waals surface area contributed by atoms with E-state index in [0.717, 1.165) is 11.3 Å². The van der Waals surface area contributed by atoms with E-state index in [0.29, 0.717) is 11.4 Å². The van der Waals surface area contributed by atoms with Crippen LogP contribution in [0.25, 0.3) is 6.08 Å². The minimum atomic E-state index is -0.0896. The molecule has 1 aromatic heterocycles. The lowest BCUT2D eigenvalue weighted by atomic mass is 10.2. The summed E-state index contributed by atoms with van der Waals surface area (Å²) >= 11 is 0. The molecule has 0 amide bonds. The topological polar surface area (TPSA) is 42.4 Å². The van der Waals surface area contributed by atoms with Crippen LogP contribution in [0, 0.1) is 0 Å². The molecule has 1 aromatic carbocycles. The molecule has 0 aliphatic rings. The fraction of sp³-hybridized carbons (Fsp3) is 0.133. The summed E-state index contributed by atoms with van der Waals surface area (Å²) in [6.45, 7) is 1.88. The zero-order chi connectivity index (χ0) is 12.8. The zero-order valence-electron chi connectivity index (χ0n) is 10.2. The Bertz CT molecular complexity index is 550. The lowest BCUT2D eigenvalue weighted by Crippen LogP contribution is -1.91. The molecule has 0 unspecified atom stereocenters. The molecular weight excluding hydrogens is 226 g/mol. The molecule has 18 heavy (non-hydrogen) atoms. The van der Waals surface area contributed by atoms with Gasteiger partial charge in [0.1, 0.15) is 11.5 Å². The second kappa shape index (κ2) is 5.98. The monoisotopic (exact) mass is 241 g/mol. The van der Waals surface area contributed by atoms with Crippen LogP contribution in [0.15, 0.2) is 48.7 Å². The number of hydrogen-bond acceptors (Lipinski definition) is 3. The number of aliphatic hydroxyl groups is 1. The molecule has 3 nitrogen and oxygen atoms in total. The van der Waals surface area contributed by atoms with Gasteiger partial charge in [0.05, 0.1) is 12.3 Å². The molecule has 3 heteroatoms. The Balaban J connectivity index is 2.27. The third-order valence-electron chi connectivity index (χ3n) is 2.44. The van der Waals surface area contributed by atoms with Crippen molar-refractivity contribution in [2.24, 2.45) is 0 Å². The van der Waals surface area contributed by atoms with Crippen molar-refractivity contribution in [3.8, 4) is 11.5 Å². The van der Waals surface area contributed by atoms with Crippen molar-refractivity contribution in [2.45, 2.75) is 13.5 Å². The summed E-state index contributed by atoms with van der Waals surface area (Å²) in [5.74, 6) is 1.46. The van der Waals surface area contributed by atoms with E-state index in [4.69, 9.17) is 9.84 Å². The quantitative estimate of drug-likeness (QED) is 0.892. The van der Waals surface area contributed by atoms with E-state index in [-0.39, 0.29) is 6.61 Å². The van der Waals surface area contributed by atoms with Crippen LogP contribution in [-0.4, -0.2) is 10.1 Å². The lowest BCUT2D eigenvalue weighted by molar-refractivity contribution is 0.276. The number of hydrogen-bond donors (Lipinski definition) is 1. The average Bonchev–Trinajstić information content (AvgIpc) is 2.41. The highest BCUT2D eigenvalue weighted by atomic mass is 16.5. The predicted molar refractivity (Wildman–Crippen MR) is 71.4 cm³/mol. The van der Waals surface area contributed by atoms with E-state index in [1.807, 2.05) is 43.3 Å². The smallest absolute Gasteiger partial charge is 0.134 e. The van der Waals surface area contributed by atoms with Crippen molar-refractivity contribution in [3.63, 3.8) is 0 Å². The number of aliphatic hydroxyl groups excluding tert-OH is 1. The van der Waals surface area contributed by atoms with Gasteiger partial charge in [0, 0.05) is 17.8 Å². The van der Waals surface area contributed by atoms with Gasteiger partial charge in [-0.2, -0.15) is 0 Å². The Morgan fingerprint density at radius 3 is 2.89 bits per heavy atom. The summed E-state index contributed by atoms with van der Waals surface area (Å²) in [6, 6.07) is 11.3. The van der Waals surface area contributed by atoms with E-state index in [1.54, 1.807) is 18.3 Å². The first-order valence-electron chi connectivity index (χ1n) is 5.79. The highest BCUT2D eigenvalue weighted by molar-refractivity contribution is 5.57. The number of pyridine rings is 1. The Labute approximate surface area is 106 Å². The van der Waals surface area contributed by atoms with Gasteiger partial charge in [0.2, 0.25) is 0 Å². The van der Waals surface area contributed by atoms with Gasteiger partial charge in [-0.15, -0.1) is 0 Å². The summed E-state index contributed by atoms with van der Waals surface area (Å²) in [7, 11) is 0. The van der Waals surface area contributed by atoms with Gasteiger partial charge in [0.15, 0.2) is 0 Å². The second-order valence-corrected chi connectivity index (χ2v) is 3.78. The maximum Gasteiger partial charge on any atom is 0.134 e. The van der Waals surface area contributed by atoms with Gasteiger partial charge >= 0.3 is 0 Å². The highest BCUT2D eigenvalue weighted by Crippen LogP contribution is 2.26. The number of aromatic nitrogens is 1. The fourth-order valence-corrected chi connectivity index (χ4v) is 1.62. The van der Waals surface area contributed by atoms with Crippen LogP contribution in [0.3, 0.4) is 0 Å². The number of para-hydroxylation sites is 1. The Morgan fingerprint density at radius 1 is 1.28 bits per heavy atom. The average molecular weight is 241 g/mol. The maximum absolute atomic E-state index is 9.04. The molecule has 0 spiro atoms. The van der Waals surface area contributed by atoms with Crippen LogP contribution in [0.2, 0.25) is 0 Å². The van der Waals surface area contributed by atoms with E-state index in [2.05, 4.69) is 4.98 Å². The van der Waals surface area contributed by atoms with Crippen molar-refractivity contribution >= 4 is 6.08 Å². The first-order valence-corrected chi connectivity index (χ1v) is 5.79. The first-order chi connectivity index (χ1) is 8.83. The summed E-state index contributed by atoms with van der Waals surface area (Å²) in [4.78, 5) is 4.01. The van der Waals surface area contributed by atoms with Crippen LogP contribution in [0.4, 0.5) is 0 Å². The predicted octanol–water partition coefficient (Wildman–Crippen LogP) is 3.40. The van der Waals surface area contributed by atoms with Crippen LogP contribution in [-0.2, 0) is 6.61 Å². The molecule has 0 radical (unpaired) electrons. The lowest BCUT2D eigenvalue weighted by Gasteiger charge is -2.09. The van der Waals surface area contributed by atoms with Crippen molar-refractivity contribution in [1.29, 1.82) is 0 Å². The minimum Gasteiger partial charge on any atom is -0.457 e. The molecule has 2 rings (SSSR count).